The number of anilines is 1. The molecule has 2 heterocycles. The quantitative estimate of drug-likeness (QED) is 0.209. The zero-order valence-electron chi connectivity index (χ0n) is 15.3. The van der Waals surface area contributed by atoms with Crippen LogP contribution in [-0.4, -0.2) is 16.3 Å². The highest BCUT2D eigenvalue weighted by Gasteiger charge is 2.11. The van der Waals surface area contributed by atoms with Crippen molar-refractivity contribution in [2.24, 2.45) is 5.10 Å². The number of thiazole rings is 1. The summed E-state index contributed by atoms with van der Waals surface area (Å²) >= 11 is 1.32. The Morgan fingerprint density at radius 2 is 2.10 bits per heavy atom. The van der Waals surface area contributed by atoms with E-state index < -0.39 is 5.63 Å². The maximum atomic E-state index is 12.3. The highest BCUT2D eigenvalue weighted by molar-refractivity contribution is 7.14. The van der Waals surface area contributed by atoms with Gasteiger partial charge in [-0.2, -0.15) is 5.10 Å². The van der Waals surface area contributed by atoms with E-state index in [0.29, 0.717) is 34.0 Å². The van der Waals surface area contributed by atoms with Crippen LogP contribution in [0.25, 0.3) is 22.2 Å². The molecule has 0 spiro atoms. The Kier molecular flexibility index (Phi) is 5.22. The Hall–Kier alpha value is -3.71. The molecule has 6 nitrogen and oxygen atoms in total. The molecule has 4 rings (SSSR count). The van der Waals surface area contributed by atoms with Crippen LogP contribution in [0.5, 0.6) is 5.75 Å². The lowest BCUT2D eigenvalue weighted by Crippen LogP contribution is -2.02. The number of benzene rings is 2. The molecule has 0 aliphatic heterocycles. The van der Waals surface area contributed by atoms with Gasteiger partial charge in [0.05, 0.1) is 17.5 Å². The van der Waals surface area contributed by atoms with Gasteiger partial charge in [0.1, 0.15) is 11.3 Å². The Morgan fingerprint density at radius 3 is 2.97 bits per heavy atom. The Bertz CT molecular complexity index is 1270. The molecule has 0 unspecified atom stereocenters. The van der Waals surface area contributed by atoms with Crippen LogP contribution in [0.3, 0.4) is 0 Å². The lowest BCUT2D eigenvalue weighted by atomic mass is 10.1. The van der Waals surface area contributed by atoms with E-state index in [0.717, 1.165) is 10.9 Å². The monoisotopic (exact) mass is 403 g/mol. The van der Waals surface area contributed by atoms with Crippen LogP contribution in [-0.2, 0) is 6.42 Å². The molecule has 0 aliphatic rings. The summed E-state index contributed by atoms with van der Waals surface area (Å²) in [5.41, 5.74) is 5.21. The Labute approximate surface area is 170 Å². The third-order valence-electron chi connectivity index (χ3n) is 4.30. The lowest BCUT2D eigenvalue weighted by Gasteiger charge is -2.04. The van der Waals surface area contributed by atoms with Crippen molar-refractivity contribution < 1.29 is 9.52 Å². The van der Waals surface area contributed by atoms with Gasteiger partial charge in [0.25, 0.3) is 0 Å². The number of rotatable bonds is 6. The molecule has 2 aromatic heterocycles. The van der Waals surface area contributed by atoms with E-state index in [1.54, 1.807) is 29.7 Å². The third kappa shape index (κ3) is 3.95. The first-order valence-corrected chi connectivity index (χ1v) is 9.73. The summed E-state index contributed by atoms with van der Waals surface area (Å²) in [7, 11) is 0. The average Bonchev–Trinajstić information content (AvgIpc) is 3.19. The predicted octanol–water partition coefficient (Wildman–Crippen LogP) is 4.80. The zero-order chi connectivity index (χ0) is 20.2. The number of para-hydroxylation sites is 2. The zero-order valence-corrected chi connectivity index (χ0v) is 16.1. The minimum absolute atomic E-state index is 0.173. The van der Waals surface area contributed by atoms with Crippen LogP contribution in [0.2, 0.25) is 0 Å². The minimum atomic E-state index is -0.437. The maximum absolute atomic E-state index is 12.3. The first-order chi connectivity index (χ1) is 14.2. The minimum Gasteiger partial charge on any atom is -0.507 e. The standard InChI is InChI=1S/C22H17N3O3S/c1-2-6-14-8-5-9-16(20(14)26)12-23-25-22-24-18(13-29-22)17-11-15-7-3-4-10-19(15)28-21(17)27/h2-5,7-13,26H,1,6H2,(H,24,25)/b23-12-. The van der Waals surface area contributed by atoms with Gasteiger partial charge in [0, 0.05) is 16.3 Å². The van der Waals surface area contributed by atoms with Gasteiger partial charge in [-0.25, -0.2) is 9.78 Å². The third-order valence-corrected chi connectivity index (χ3v) is 5.05. The highest BCUT2D eigenvalue weighted by atomic mass is 32.1. The Balaban J connectivity index is 1.54. The summed E-state index contributed by atoms with van der Waals surface area (Å²) in [6, 6.07) is 14.6. The van der Waals surface area contributed by atoms with Crippen LogP contribution < -0.4 is 11.1 Å². The smallest absolute Gasteiger partial charge is 0.345 e. The number of hydrogen-bond donors (Lipinski definition) is 2. The SMILES string of the molecule is C=CCc1cccc(/C=N\Nc2nc(-c3cc4ccccc4oc3=O)cs2)c1O. The van der Waals surface area contributed by atoms with Crippen molar-refractivity contribution in [2.45, 2.75) is 6.42 Å². The van der Waals surface area contributed by atoms with Crippen molar-refractivity contribution in [1.29, 1.82) is 0 Å². The normalized spacial score (nSPS) is 11.2. The van der Waals surface area contributed by atoms with Crippen molar-refractivity contribution in [3.63, 3.8) is 0 Å². The van der Waals surface area contributed by atoms with Gasteiger partial charge >= 0.3 is 5.63 Å². The van der Waals surface area contributed by atoms with Crippen molar-refractivity contribution in [2.75, 3.05) is 5.43 Å². The second-order valence-electron chi connectivity index (χ2n) is 6.24. The van der Waals surface area contributed by atoms with Crippen LogP contribution in [0.4, 0.5) is 5.13 Å². The van der Waals surface area contributed by atoms with E-state index >= 15 is 0 Å². The summed E-state index contributed by atoms with van der Waals surface area (Å²) in [5, 5.41) is 17.5. The van der Waals surface area contributed by atoms with Crippen LogP contribution >= 0.6 is 11.3 Å². The molecule has 0 aliphatic carbocycles. The second-order valence-corrected chi connectivity index (χ2v) is 7.10. The van der Waals surface area contributed by atoms with Gasteiger partial charge in [-0.15, -0.1) is 17.9 Å². The van der Waals surface area contributed by atoms with E-state index in [1.165, 1.54) is 17.6 Å². The average molecular weight is 403 g/mol. The first-order valence-electron chi connectivity index (χ1n) is 8.85. The molecular formula is C22H17N3O3S. The summed E-state index contributed by atoms with van der Waals surface area (Å²) in [5.74, 6) is 0.173. The van der Waals surface area contributed by atoms with Gasteiger partial charge in [-0.3, -0.25) is 5.43 Å². The van der Waals surface area contributed by atoms with Crippen molar-refractivity contribution in [3.8, 4) is 17.0 Å². The molecule has 2 N–H and O–H groups in total. The molecule has 0 radical (unpaired) electrons. The number of allylic oxidation sites excluding steroid dienone is 1. The number of hydrazone groups is 1. The molecule has 0 fully saturated rings. The number of aromatic hydroxyl groups is 1. The summed E-state index contributed by atoms with van der Waals surface area (Å²) < 4.78 is 5.36. The summed E-state index contributed by atoms with van der Waals surface area (Å²) in [6.07, 6.45) is 3.83. The van der Waals surface area contributed by atoms with E-state index in [1.807, 2.05) is 30.3 Å². The van der Waals surface area contributed by atoms with Crippen LogP contribution in [0, 0.1) is 0 Å². The predicted molar refractivity (Wildman–Crippen MR) is 117 cm³/mol. The molecule has 2 aromatic carbocycles. The second kappa shape index (κ2) is 8.12. The molecule has 0 atom stereocenters. The van der Waals surface area contributed by atoms with Gasteiger partial charge < -0.3 is 9.52 Å². The fraction of sp³-hybridized carbons (Fsp3) is 0.0455. The molecule has 144 valence electrons. The van der Waals surface area contributed by atoms with Crippen LogP contribution in [0.1, 0.15) is 11.1 Å². The van der Waals surface area contributed by atoms with Gasteiger partial charge in [-0.1, -0.05) is 36.4 Å². The maximum Gasteiger partial charge on any atom is 0.345 e. The number of phenols is 1. The fourth-order valence-corrected chi connectivity index (χ4v) is 3.54. The summed E-state index contributed by atoms with van der Waals surface area (Å²) in [4.78, 5) is 16.7. The van der Waals surface area contributed by atoms with Crippen molar-refractivity contribution in [3.05, 3.63) is 88.1 Å². The molecule has 4 aromatic rings. The number of nitrogens with zero attached hydrogens (tertiary/aromatic N) is 2. The van der Waals surface area contributed by atoms with E-state index in [4.69, 9.17) is 4.42 Å². The van der Waals surface area contributed by atoms with Crippen molar-refractivity contribution in [1.82, 2.24) is 4.98 Å². The van der Waals surface area contributed by atoms with Crippen molar-refractivity contribution >= 4 is 33.7 Å². The highest BCUT2D eigenvalue weighted by Crippen LogP contribution is 2.26. The topological polar surface area (TPSA) is 87.7 Å². The first kappa shape index (κ1) is 18.6. The fourth-order valence-electron chi connectivity index (χ4n) is 2.88. The van der Waals surface area contributed by atoms with E-state index in [9.17, 15) is 9.90 Å². The van der Waals surface area contributed by atoms with Crippen LogP contribution in [0.15, 0.2) is 80.9 Å². The molecular weight excluding hydrogens is 386 g/mol. The van der Waals surface area contributed by atoms with E-state index in [-0.39, 0.29) is 5.75 Å². The largest absolute Gasteiger partial charge is 0.507 e. The number of phenolic OH excluding ortho intramolecular Hbond substituents is 1. The number of aromatic nitrogens is 1. The van der Waals surface area contributed by atoms with Gasteiger partial charge in [0.2, 0.25) is 5.13 Å². The Morgan fingerprint density at radius 1 is 1.24 bits per heavy atom. The number of nitrogens with one attached hydrogen (secondary N) is 1. The summed E-state index contributed by atoms with van der Waals surface area (Å²) in [6.45, 7) is 3.69. The molecule has 29 heavy (non-hydrogen) atoms. The molecule has 7 heteroatoms. The molecule has 0 amide bonds. The lowest BCUT2D eigenvalue weighted by molar-refractivity contribution is 0.469. The molecule has 0 saturated carbocycles. The number of fused-ring (bicyclic) bond motifs is 1. The van der Waals surface area contributed by atoms with E-state index in [2.05, 4.69) is 22.1 Å². The number of hydrogen-bond acceptors (Lipinski definition) is 7. The van der Waals surface area contributed by atoms with Gasteiger partial charge in [0.15, 0.2) is 0 Å². The molecule has 0 bridgehead atoms. The van der Waals surface area contributed by atoms with Gasteiger partial charge in [-0.05, 0) is 30.2 Å². The molecule has 0 saturated heterocycles.